The van der Waals surface area contributed by atoms with Crippen LogP contribution in [0.25, 0.3) is 0 Å². The lowest BCUT2D eigenvalue weighted by Gasteiger charge is -2.09. The molecule has 1 heterocycles. The van der Waals surface area contributed by atoms with Gasteiger partial charge in [-0.1, -0.05) is 31.2 Å². The number of aromatic nitrogens is 2. The van der Waals surface area contributed by atoms with E-state index in [1.807, 2.05) is 30.3 Å². The van der Waals surface area contributed by atoms with E-state index < -0.39 is 0 Å². The van der Waals surface area contributed by atoms with E-state index in [2.05, 4.69) is 27.5 Å². The van der Waals surface area contributed by atoms with E-state index in [4.69, 9.17) is 0 Å². The number of carbonyl (C=O) groups is 2. The third kappa shape index (κ3) is 4.76. The zero-order valence-electron chi connectivity index (χ0n) is 15.2. The zero-order chi connectivity index (χ0) is 19.2. The van der Waals surface area contributed by atoms with Gasteiger partial charge in [-0.05, 0) is 43.2 Å². The fraction of sp³-hybridized carbons (Fsp3) is 0.143. The Morgan fingerprint density at radius 2 is 1.74 bits per heavy atom. The Hall–Kier alpha value is -3.54. The standard InChI is InChI=1S/C21H20N4O2/c1-3-15-7-9-17(10-8-15)25-21(27)19-12-20(23-13-22-19)24-18-6-4-5-16(11-18)14(2)26/h4-13H,3H2,1-2H3,(H,25,27)(H,22,23,24). The second-order valence-corrected chi connectivity index (χ2v) is 6.06. The first-order valence-electron chi connectivity index (χ1n) is 8.65. The molecular formula is C21H20N4O2. The highest BCUT2D eigenvalue weighted by Gasteiger charge is 2.10. The summed E-state index contributed by atoms with van der Waals surface area (Å²) in [5, 5.41) is 5.91. The molecule has 1 amide bonds. The van der Waals surface area contributed by atoms with Gasteiger partial charge in [-0.25, -0.2) is 9.97 Å². The van der Waals surface area contributed by atoms with Crippen molar-refractivity contribution in [1.82, 2.24) is 9.97 Å². The molecule has 6 heteroatoms. The Morgan fingerprint density at radius 1 is 0.963 bits per heavy atom. The fourth-order valence-corrected chi connectivity index (χ4v) is 2.53. The van der Waals surface area contributed by atoms with Gasteiger partial charge < -0.3 is 10.6 Å². The molecule has 6 nitrogen and oxygen atoms in total. The number of ketones is 1. The second kappa shape index (κ2) is 8.23. The highest BCUT2D eigenvalue weighted by atomic mass is 16.2. The van der Waals surface area contributed by atoms with Crippen molar-refractivity contribution in [2.45, 2.75) is 20.3 Å². The zero-order valence-corrected chi connectivity index (χ0v) is 15.2. The lowest BCUT2D eigenvalue weighted by atomic mass is 10.1. The first-order valence-corrected chi connectivity index (χ1v) is 8.65. The summed E-state index contributed by atoms with van der Waals surface area (Å²) in [6.45, 7) is 3.59. The van der Waals surface area contributed by atoms with Crippen LogP contribution >= 0.6 is 0 Å². The molecule has 2 aromatic carbocycles. The van der Waals surface area contributed by atoms with E-state index in [1.165, 1.54) is 18.8 Å². The fourth-order valence-electron chi connectivity index (χ4n) is 2.53. The van der Waals surface area contributed by atoms with Crippen LogP contribution in [-0.2, 0) is 6.42 Å². The lowest BCUT2D eigenvalue weighted by Crippen LogP contribution is -2.14. The first-order chi connectivity index (χ1) is 13.0. The van der Waals surface area contributed by atoms with E-state index in [-0.39, 0.29) is 17.4 Å². The van der Waals surface area contributed by atoms with Crippen LogP contribution in [0.15, 0.2) is 60.9 Å². The summed E-state index contributed by atoms with van der Waals surface area (Å²) in [5.41, 5.74) is 3.47. The molecule has 0 saturated heterocycles. The van der Waals surface area contributed by atoms with Gasteiger partial charge in [-0.3, -0.25) is 9.59 Å². The van der Waals surface area contributed by atoms with Gasteiger partial charge in [0.05, 0.1) is 0 Å². The minimum atomic E-state index is -0.317. The van der Waals surface area contributed by atoms with E-state index in [9.17, 15) is 9.59 Å². The molecule has 0 atom stereocenters. The Morgan fingerprint density at radius 3 is 2.44 bits per heavy atom. The molecule has 0 saturated carbocycles. The summed E-state index contributed by atoms with van der Waals surface area (Å²) in [4.78, 5) is 32.1. The van der Waals surface area contributed by atoms with Crippen LogP contribution in [0.3, 0.4) is 0 Å². The van der Waals surface area contributed by atoms with Crippen molar-refractivity contribution in [3.05, 3.63) is 77.7 Å². The molecule has 27 heavy (non-hydrogen) atoms. The molecule has 0 unspecified atom stereocenters. The molecule has 0 aliphatic rings. The number of carbonyl (C=O) groups excluding carboxylic acids is 2. The number of nitrogens with zero attached hydrogens (tertiary/aromatic N) is 2. The molecule has 0 aliphatic heterocycles. The SMILES string of the molecule is CCc1ccc(NC(=O)c2cc(Nc3cccc(C(C)=O)c3)ncn2)cc1. The number of aryl methyl sites for hydroxylation is 1. The van der Waals surface area contributed by atoms with Crippen LogP contribution in [-0.4, -0.2) is 21.7 Å². The number of anilines is 3. The summed E-state index contributed by atoms with van der Waals surface area (Å²) in [7, 11) is 0. The van der Waals surface area contributed by atoms with Crippen LogP contribution in [0.4, 0.5) is 17.2 Å². The first kappa shape index (κ1) is 18.3. The molecule has 2 N–H and O–H groups in total. The quantitative estimate of drug-likeness (QED) is 0.643. The Bertz CT molecular complexity index is 968. The molecule has 1 aromatic heterocycles. The molecule has 0 bridgehead atoms. The summed E-state index contributed by atoms with van der Waals surface area (Å²) in [5.74, 6) is 0.134. The third-order valence-electron chi connectivity index (χ3n) is 4.06. The maximum absolute atomic E-state index is 12.4. The van der Waals surface area contributed by atoms with Crippen LogP contribution in [0.1, 0.15) is 40.3 Å². The third-order valence-corrected chi connectivity index (χ3v) is 4.06. The number of nitrogens with one attached hydrogen (secondary N) is 2. The smallest absolute Gasteiger partial charge is 0.274 e. The van der Waals surface area contributed by atoms with Gasteiger partial charge in [0, 0.05) is 23.0 Å². The topological polar surface area (TPSA) is 84.0 Å². The van der Waals surface area contributed by atoms with Crippen LogP contribution in [0.5, 0.6) is 0 Å². The summed E-state index contributed by atoms with van der Waals surface area (Å²) in [6, 6.07) is 16.3. The highest BCUT2D eigenvalue weighted by molar-refractivity contribution is 6.03. The van der Waals surface area contributed by atoms with Gasteiger partial charge >= 0.3 is 0 Å². The van der Waals surface area contributed by atoms with Gasteiger partial charge in [0.2, 0.25) is 0 Å². The van der Waals surface area contributed by atoms with Crippen molar-refractivity contribution in [1.29, 1.82) is 0 Å². The monoisotopic (exact) mass is 360 g/mol. The molecular weight excluding hydrogens is 340 g/mol. The molecule has 0 radical (unpaired) electrons. The maximum atomic E-state index is 12.4. The molecule has 0 fully saturated rings. The van der Waals surface area contributed by atoms with Crippen molar-refractivity contribution < 1.29 is 9.59 Å². The second-order valence-electron chi connectivity index (χ2n) is 6.06. The van der Waals surface area contributed by atoms with Gasteiger partial charge in [0.15, 0.2) is 5.78 Å². The Kier molecular flexibility index (Phi) is 5.56. The lowest BCUT2D eigenvalue weighted by molar-refractivity contribution is 0.101. The predicted octanol–water partition coefficient (Wildman–Crippen LogP) is 4.24. The van der Waals surface area contributed by atoms with Crippen molar-refractivity contribution in [2.24, 2.45) is 0 Å². The van der Waals surface area contributed by atoms with Crippen molar-refractivity contribution >= 4 is 28.9 Å². The van der Waals surface area contributed by atoms with Gasteiger partial charge in [-0.2, -0.15) is 0 Å². The molecule has 0 aliphatic carbocycles. The van der Waals surface area contributed by atoms with Crippen molar-refractivity contribution in [3.8, 4) is 0 Å². The number of Topliss-reactive ketones (excluding diaryl/α,β-unsaturated/α-hetero) is 1. The average Bonchev–Trinajstić information content (AvgIpc) is 2.69. The summed E-state index contributed by atoms with van der Waals surface area (Å²) >= 11 is 0. The van der Waals surface area contributed by atoms with E-state index >= 15 is 0 Å². The van der Waals surface area contributed by atoms with E-state index in [1.54, 1.807) is 24.3 Å². The maximum Gasteiger partial charge on any atom is 0.274 e. The minimum Gasteiger partial charge on any atom is -0.340 e. The Labute approximate surface area is 157 Å². The number of hydrogen-bond acceptors (Lipinski definition) is 5. The molecule has 3 rings (SSSR count). The van der Waals surface area contributed by atoms with Gasteiger partial charge in [-0.15, -0.1) is 0 Å². The van der Waals surface area contributed by atoms with Crippen LogP contribution in [0.2, 0.25) is 0 Å². The van der Waals surface area contributed by atoms with Gasteiger partial charge in [0.25, 0.3) is 5.91 Å². The molecule has 3 aromatic rings. The van der Waals surface area contributed by atoms with E-state index in [0.717, 1.165) is 6.42 Å². The largest absolute Gasteiger partial charge is 0.340 e. The normalized spacial score (nSPS) is 10.3. The number of hydrogen-bond donors (Lipinski definition) is 2. The number of amides is 1. The van der Waals surface area contributed by atoms with Crippen LogP contribution in [0, 0.1) is 0 Å². The molecule has 0 spiro atoms. The highest BCUT2D eigenvalue weighted by Crippen LogP contribution is 2.17. The number of benzene rings is 2. The summed E-state index contributed by atoms with van der Waals surface area (Å²) in [6.07, 6.45) is 2.27. The minimum absolute atomic E-state index is 0.0181. The summed E-state index contributed by atoms with van der Waals surface area (Å²) < 4.78 is 0. The number of rotatable bonds is 6. The van der Waals surface area contributed by atoms with Crippen molar-refractivity contribution in [3.63, 3.8) is 0 Å². The van der Waals surface area contributed by atoms with E-state index in [0.29, 0.717) is 22.8 Å². The average molecular weight is 360 g/mol. The Balaban J connectivity index is 1.73. The molecule has 136 valence electrons. The van der Waals surface area contributed by atoms with Crippen molar-refractivity contribution in [2.75, 3.05) is 10.6 Å². The van der Waals surface area contributed by atoms with Gasteiger partial charge in [0.1, 0.15) is 17.8 Å². The van der Waals surface area contributed by atoms with Crippen LogP contribution < -0.4 is 10.6 Å². The predicted molar refractivity (Wildman–Crippen MR) is 106 cm³/mol.